The molecule has 5 heavy (non-hydrogen) atoms. The van der Waals surface area contributed by atoms with Crippen LogP contribution in [0.1, 0.15) is 1.43 Å². The summed E-state index contributed by atoms with van der Waals surface area (Å²) >= 11 is 3.09. The van der Waals surface area contributed by atoms with Crippen LogP contribution in [-0.4, -0.2) is 26.2 Å². The van der Waals surface area contributed by atoms with Crippen LogP contribution >= 0.6 is 12.6 Å². The molecule has 0 fully saturated rings. The number of thiocyanates is 1. The fourth-order valence-electron chi connectivity index (χ4n) is 0. The van der Waals surface area contributed by atoms with Gasteiger partial charge in [0, 0.05) is 0 Å². The van der Waals surface area contributed by atoms with Gasteiger partial charge >= 0.3 is 55.8 Å². The molecule has 0 N–H and O–H groups in total. The second kappa shape index (κ2) is 17.2. The summed E-state index contributed by atoms with van der Waals surface area (Å²) in [5, 5.41) is 8.63. The summed E-state index contributed by atoms with van der Waals surface area (Å²) in [5.41, 5.74) is 0. The maximum Gasteiger partial charge on any atom is 1.00 e. The summed E-state index contributed by atoms with van der Waals surface area (Å²) < 4.78 is 0. The Balaban J connectivity index is -0.00000000667. The second-order valence-corrected chi connectivity index (χ2v) is 0.300. The third-order valence-corrected chi connectivity index (χ3v) is 0. The molecule has 0 rings (SSSR count). The van der Waals surface area contributed by atoms with Crippen molar-refractivity contribution in [3.63, 3.8) is 0 Å². The van der Waals surface area contributed by atoms with Gasteiger partial charge in [-0.2, -0.15) is 5.26 Å². The Morgan fingerprint density at radius 2 is 1.80 bits per heavy atom. The van der Waals surface area contributed by atoms with Crippen LogP contribution in [0.25, 0.3) is 0 Å². The number of thiol groups is 1. The van der Waals surface area contributed by atoms with Gasteiger partial charge < -0.3 is 1.43 Å². The van der Waals surface area contributed by atoms with Crippen LogP contribution in [0.2, 0.25) is 0 Å². The van der Waals surface area contributed by atoms with Gasteiger partial charge in [-0.3, -0.25) is 0 Å². The fourth-order valence-corrected chi connectivity index (χ4v) is 0. The molecule has 0 heterocycles. The SMILES string of the molecule is N#CS.[BiH3].[H-].[Na+]. The van der Waals surface area contributed by atoms with Gasteiger partial charge in [0.15, 0.2) is 0 Å². The van der Waals surface area contributed by atoms with E-state index >= 15 is 0 Å². The van der Waals surface area contributed by atoms with E-state index in [1.165, 1.54) is 5.40 Å². The smallest absolute Gasteiger partial charge is 1.00 e. The maximum absolute atomic E-state index is 7.18. The standard InChI is InChI=1S/CHNS.Bi.Na.4H/c2-1-3;;;;;;/h3H;;;;;;/q;;+1;;;;-1. The first kappa shape index (κ1) is 15.9. The first-order chi connectivity index (χ1) is 1.41. The van der Waals surface area contributed by atoms with E-state index < -0.39 is 0 Å². The molecule has 1 nitrogen and oxygen atoms in total. The van der Waals surface area contributed by atoms with Crippen molar-refractivity contribution in [3.8, 4) is 5.40 Å². The van der Waals surface area contributed by atoms with E-state index in [1.54, 1.807) is 0 Å². The molecular weight excluding hydrogens is 290 g/mol. The molecular formula is CH5BiNNaS. The number of nitriles is 1. The molecule has 0 saturated carbocycles. The third kappa shape index (κ3) is 26.7. The summed E-state index contributed by atoms with van der Waals surface area (Å²) in [6, 6.07) is 0. The van der Waals surface area contributed by atoms with Gasteiger partial charge in [0.2, 0.25) is 0 Å². The number of hydrogen-bond donors (Lipinski definition) is 1. The zero-order valence-corrected chi connectivity index (χ0v) is 11.5. The van der Waals surface area contributed by atoms with Crippen molar-refractivity contribution in [2.75, 3.05) is 0 Å². The van der Waals surface area contributed by atoms with Crippen LogP contribution in [0.5, 0.6) is 0 Å². The van der Waals surface area contributed by atoms with Gasteiger partial charge in [0.1, 0.15) is 5.40 Å². The number of rotatable bonds is 0. The summed E-state index contributed by atoms with van der Waals surface area (Å²) in [4.78, 5) is 0. The second-order valence-electron chi connectivity index (χ2n) is 0.100. The number of nitrogens with zero attached hydrogens (tertiary/aromatic N) is 1. The number of hydrogen-bond acceptors (Lipinski definition) is 2. The minimum absolute atomic E-state index is 0. The first-order valence-electron chi connectivity index (χ1n) is 0.447. The molecule has 0 aromatic heterocycles. The van der Waals surface area contributed by atoms with Crippen LogP contribution in [0.15, 0.2) is 0 Å². The summed E-state index contributed by atoms with van der Waals surface area (Å²) in [6.07, 6.45) is 0. The molecule has 0 amide bonds. The molecule has 0 aliphatic carbocycles. The van der Waals surface area contributed by atoms with Crippen LogP contribution in [-0.2, 0) is 0 Å². The van der Waals surface area contributed by atoms with E-state index in [4.69, 9.17) is 5.26 Å². The molecule has 0 saturated heterocycles. The monoisotopic (exact) mass is 295 g/mol. The minimum atomic E-state index is 0. The Morgan fingerprint density at radius 3 is 1.80 bits per heavy atom. The molecule has 0 spiro atoms. The van der Waals surface area contributed by atoms with Crippen molar-refractivity contribution in [1.29, 1.82) is 5.26 Å². The largest absolute Gasteiger partial charge is 1.00 e. The quantitative estimate of drug-likeness (QED) is 0.278. The van der Waals surface area contributed by atoms with Gasteiger partial charge in [-0.25, -0.2) is 0 Å². The average molecular weight is 295 g/mol. The Hall–Kier alpha value is 1.72. The maximum atomic E-state index is 7.18. The summed E-state index contributed by atoms with van der Waals surface area (Å²) in [6.45, 7) is 0. The van der Waals surface area contributed by atoms with E-state index in [0.29, 0.717) is 0 Å². The Labute approximate surface area is 79.4 Å². The van der Waals surface area contributed by atoms with Gasteiger partial charge in [0.25, 0.3) is 0 Å². The van der Waals surface area contributed by atoms with Crippen LogP contribution < -0.4 is 29.6 Å². The molecule has 0 aromatic carbocycles. The van der Waals surface area contributed by atoms with Gasteiger partial charge in [-0.15, -0.1) is 0 Å². The molecule has 26 valence electrons. The Bertz CT molecular complexity index is 37.0. The van der Waals surface area contributed by atoms with E-state index in [0.717, 1.165) is 0 Å². The summed E-state index contributed by atoms with van der Waals surface area (Å²) in [5.74, 6) is 0. The van der Waals surface area contributed by atoms with Crippen molar-refractivity contribution < 1.29 is 31.0 Å². The van der Waals surface area contributed by atoms with Gasteiger partial charge in [-0.1, -0.05) is 12.6 Å². The van der Waals surface area contributed by atoms with Crippen molar-refractivity contribution >= 4 is 38.8 Å². The third-order valence-electron chi connectivity index (χ3n) is 0. The molecule has 0 radical (unpaired) electrons. The average Bonchev–Trinajstić information content (AvgIpc) is 0.918. The molecule has 0 bridgehead atoms. The van der Waals surface area contributed by atoms with Crippen molar-refractivity contribution in [1.82, 2.24) is 0 Å². The van der Waals surface area contributed by atoms with E-state index in [2.05, 4.69) is 12.6 Å². The summed E-state index contributed by atoms with van der Waals surface area (Å²) in [7, 11) is 0. The zero-order valence-electron chi connectivity index (χ0n) is 4.10. The Kier molecular flexibility index (Phi) is 54.7. The van der Waals surface area contributed by atoms with Crippen molar-refractivity contribution in [2.45, 2.75) is 0 Å². The van der Waals surface area contributed by atoms with Crippen LogP contribution in [0.4, 0.5) is 0 Å². The van der Waals surface area contributed by atoms with E-state index in [9.17, 15) is 0 Å². The normalized spacial score (nSPS) is 1.60. The predicted octanol–water partition coefficient (Wildman–Crippen LogP) is -3.67. The molecule has 0 aliphatic rings. The molecule has 0 unspecified atom stereocenters. The predicted molar refractivity (Wildman–Crippen MR) is 25.6 cm³/mol. The van der Waals surface area contributed by atoms with E-state index in [1.807, 2.05) is 0 Å². The Morgan fingerprint density at radius 1 is 1.80 bits per heavy atom. The van der Waals surface area contributed by atoms with Crippen molar-refractivity contribution in [3.05, 3.63) is 0 Å². The molecule has 4 heteroatoms. The zero-order chi connectivity index (χ0) is 2.71. The van der Waals surface area contributed by atoms with Gasteiger partial charge in [0.05, 0.1) is 0 Å². The molecule has 0 aromatic rings. The fraction of sp³-hybridized carbons (Fsp3) is 0. The van der Waals surface area contributed by atoms with Crippen LogP contribution in [0.3, 0.4) is 0 Å². The topological polar surface area (TPSA) is 23.8 Å². The first-order valence-corrected chi connectivity index (χ1v) is 0.894. The van der Waals surface area contributed by atoms with Crippen LogP contribution in [0, 0.1) is 10.7 Å². The van der Waals surface area contributed by atoms with Gasteiger partial charge in [-0.05, 0) is 0 Å². The van der Waals surface area contributed by atoms with Crippen molar-refractivity contribution in [2.24, 2.45) is 0 Å². The molecule has 0 atom stereocenters. The molecule has 0 aliphatic heterocycles. The minimum Gasteiger partial charge on any atom is -1.00 e. The van der Waals surface area contributed by atoms with E-state index in [-0.39, 0.29) is 57.2 Å².